The summed E-state index contributed by atoms with van der Waals surface area (Å²) in [6.45, 7) is 1.77. The zero-order valence-corrected chi connectivity index (χ0v) is 22.4. The number of Topliss-reactive ketones (excluding diaryl/α,β-unsaturated/α-hetero) is 1. The average Bonchev–Trinajstić information content (AvgIpc) is 3.68. The summed E-state index contributed by atoms with van der Waals surface area (Å²) in [5, 5.41) is 13.3. The maximum absolute atomic E-state index is 13.7. The first-order chi connectivity index (χ1) is 18.9. The number of ether oxygens (including phenoxy) is 2. The van der Waals surface area contributed by atoms with E-state index in [9.17, 15) is 9.59 Å². The van der Waals surface area contributed by atoms with Gasteiger partial charge < -0.3 is 14.8 Å². The predicted octanol–water partition coefficient (Wildman–Crippen LogP) is 4.21. The van der Waals surface area contributed by atoms with Crippen molar-refractivity contribution in [1.29, 1.82) is 5.26 Å². The van der Waals surface area contributed by atoms with Crippen LogP contribution in [-0.2, 0) is 21.4 Å². The summed E-state index contributed by atoms with van der Waals surface area (Å²) in [5.41, 5.74) is 1.70. The van der Waals surface area contributed by atoms with Crippen LogP contribution in [0.25, 0.3) is 6.08 Å². The number of amides is 1. The van der Waals surface area contributed by atoms with E-state index in [1.54, 1.807) is 24.3 Å². The normalized spacial score (nSPS) is 30.4. The Hall–Kier alpha value is -3.34. The Balaban J connectivity index is 1.33. The van der Waals surface area contributed by atoms with E-state index in [0.717, 1.165) is 42.6 Å². The number of likely N-dealkylation sites (tertiary alicyclic amines) is 1. The number of halogens is 1. The summed E-state index contributed by atoms with van der Waals surface area (Å²) in [5.74, 6) is 1.67. The van der Waals surface area contributed by atoms with Crippen molar-refractivity contribution in [3.63, 3.8) is 0 Å². The van der Waals surface area contributed by atoms with Gasteiger partial charge >= 0.3 is 0 Å². The van der Waals surface area contributed by atoms with Crippen molar-refractivity contribution in [2.45, 2.75) is 61.6 Å². The number of benzene rings is 2. The van der Waals surface area contributed by atoms with Crippen LogP contribution in [0.5, 0.6) is 11.5 Å². The van der Waals surface area contributed by atoms with Crippen LogP contribution in [0, 0.1) is 17.2 Å². The van der Waals surface area contributed by atoms with Gasteiger partial charge in [-0.1, -0.05) is 29.8 Å². The lowest BCUT2D eigenvalue weighted by molar-refractivity contribution is -0.148. The number of carbonyl (C=O) groups is 2. The van der Waals surface area contributed by atoms with Gasteiger partial charge in [0.2, 0.25) is 5.91 Å². The van der Waals surface area contributed by atoms with Crippen LogP contribution in [0.2, 0.25) is 5.02 Å². The number of rotatable bonds is 7. The minimum Gasteiger partial charge on any atom is -0.477 e. The Kier molecular flexibility index (Phi) is 5.76. The molecule has 1 saturated heterocycles. The summed E-state index contributed by atoms with van der Waals surface area (Å²) in [7, 11) is 0. The lowest BCUT2D eigenvalue weighted by Gasteiger charge is -2.65. The molecule has 2 aromatic carbocycles. The Morgan fingerprint density at radius 1 is 1.23 bits per heavy atom. The highest BCUT2D eigenvalue weighted by Gasteiger charge is 2.74. The van der Waals surface area contributed by atoms with Crippen molar-refractivity contribution >= 4 is 29.4 Å². The Morgan fingerprint density at radius 2 is 2.05 bits per heavy atom. The monoisotopic (exact) mass is 543 g/mol. The van der Waals surface area contributed by atoms with Crippen LogP contribution in [0.4, 0.5) is 0 Å². The molecular weight excluding hydrogens is 514 g/mol. The molecule has 2 aromatic rings. The number of hydrogen-bond acceptors (Lipinski definition) is 6. The van der Waals surface area contributed by atoms with Crippen molar-refractivity contribution < 1.29 is 19.1 Å². The maximum atomic E-state index is 13.7. The maximum Gasteiger partial charge on any atom is 0.244 e. The van der Waals surface area contributed by atoms with E-state index in [2.05, 4.69) is 16.3 Å². The van der Waals surface area contributed by atoms with Gasteiger partial charge in [0.05, 0.1) is 11.0 Å². The summed E-state index contributed by atoms with van der Waals surface area (Å²) < 4.78 is 12.3. The van der Waals surface area contributed by atoms with Crippen molar-refractivity contribution in [2.24, 2.45) is 5.92 Å². The molecule has 1 spiro atoms. The molecule has 1 N–H and O–H groups in total. The molecule has 2 heterocycles. The standard InChI is InChI=1S/C31H30ClN3O4/c32-22-7-3-19(4-8-22)5-10-26(37)34-31-12-11-23(36)29-30(31)13-15-35(18-20-1-2-20)25(31)17-21-6-9-24(38-16-14-33)28(39-29)27(21)30/h3-10,20,25,29H,1-2,11-13,15-18H2,(H,34,37)/b10-5+/t25-,29+,30+,31-/m1/s1. The fourth-order valence-electron chi connectivity index (χ4n) is 7.78. The molecule has 2 aliphatic heterocycles. The molecule has 0 radical (unpaired) electrons. The number of carbonyl (C=O) groups excluding carboxylic acids is 2. The molecule has 2 bridgehead atoms. The fourth-order valence-corrected chi connectivity index (χ4v) is 7.91. The summed E-state index contributed by atoms with van der Waals surface area (Å²) in [6, 6.07) is 13.4. The van der Waals surface area contributed by atoms with Gasteiger partial charge in [-0.3, -0.25) is 14.5 Å². The van der Waals surface area contributed by atoms with E-state index in [0.29, 0.717) is 35.3 Å². The van der Waals surface area contributed by atoms with Crippen molar-refractivity contribution in [3.8, 4) is 17.6 Å². The molecule has 3 aliphatic carbocycles. The lowest BCUT2D eigenvalue weighted by Crippen LogP contribution is -2.81. The number of piperidine rings is 1. The molecule has 7 nitrogen and oxygen atoms in total. The second-order valence-corrected chi connectivity index (χ2v) is 12.0. The third-order valence-electron chi connectivity index (χ3n) is 9.53. The summed E-state index contributed by atoms with van der Waals surface area (Å²) >= 11 is 6.03. The van der Waals surface area contributed by atoms with E-state index < -0.39 is 17.1 Å². The van der Waals surface area contributed by atoms with Crippen molar-refractivity contribution in [2.75, 3.05) is 19.7 Å². The average molecular weight is 544 g/mol. The number of nitriles is 1. The molecule has 5 aliphatic rings. The Labute approximate surface area is 232 Å². The molecule has 0 aromatic heterocycles. The highest BCUT2D eigenvalue weighted by Crippen LogP contribution is 2.65. The predicted molar refractivity (Wildman–Crippen MR) is 146 cm³/mol. The van der Waals surface area contributed by atoms with Crippen LogP contribution >= 0.6 is 11.6 Å². The van der Waals surface area contributed by atoms with Crippen LogP contribution in [0.3, 0.4) is 0 Å². The molecule has 2 saturated carbocycles. The minimum absolute atomic E-state index is 0.0586. The van der Waals surface area contributed by atoms with E-state index in [1.165, 1.54) is 12.8 Å². The smallest absolute Gasteiger partial charge is 0.244 e. The Bertz CT molecular complexity index is 1430. The van der Waals surface area contributed by atoms with Crippen LogP contribution in [0.15, 0.2) is 42.5 Å². The number of ketones is 1. The molecular formula is C31H30ClN3O4. The summed E-state index contributed by atoms with van der Waals surface area (Å²) in [4.78, 5) is 29.7. The van der Waals surface area contributed by atoms with Gasteiger partial charge in [0.15, 0.2) is 30.0 Å². The largest absolute Gasteiger partial charge is 0.477 e. The van der Waals surface area contributed by atoms with Crippen LogP contribution in [-0.4, -0.2) is 54.0 Å². The van der Waals surface area contributed by atoms with Gasteiger partial charge in [-0.15, -0.1) is 0 Å². The second kappa shape index (κ2) is 9.11. The van der Waals surface area contributed by atoms with E-state index in [-0.39, 0.29) is 24.3 Å². The third kappa shape index (κ3) is 3.72. The van der Waals surface area contributed by atoms with Crippen LogP contribution in [0.1, 0.15) is 48.8 Å². The first-order valence-corrected chi connectivity index (χ1v) is 14.2. The number of hydrogen-bond donors (Lipinski definition) is 1. The van der Waals surface area contributed by atoms with Crippen molar-refractivity contribution in [3.05, 3.63) is 64.2 Å². The Morgan fingerprint density at radius 3 is 2.82 bits per heavy atom. The zero-order chi connectivity index (χ0) is 26.8. The zero-order valence-electron chi connectivity index (χ0n) is 21.6. The van der Waals surface area contributed by atoms with Crippen molar-refractivity contribution in [1.82, 2.24) is 10.2 Å². The van der Waals surface area contributed by atoms with Gasteiger partial charge in [0.1, 0.15) is 6.07 Å². The SMILES string of the molecule is N#CCOc1ccc2c3c1O[C@H]1C(=O)CC[C@@]4(NC(=O)/C=C/c5ccc(Cl)cc5)[C@@H](C2)N(CC2CC2)CC[C@]314. The van der Waals surface area contributed by atoms with Gasteiger partial charge in [0.25, 0.3) is 0 Å². The molecule has 8 heteroatoms. The minimum atomic E-state index is -0.682. The molecule has 4 atom stereocenters. The topological polar surface area (TPSA) is 91.7 Å². The molecule has 3 fully saturated rings. The molecule has 1 amide bonds. The second-order valence-electron chi connectivity index (χ2n) is 11.6. The van der Waals surface area contributed by atoms with Crippen LogP contribution < -0.4 is 14.8 Å². The highest BCUT2D eigenvalue weighted by atomic mass is 35.5. The van der Waals surface area contributed by atoms with E-state index in [4.69, 9.17) is 26.3 Å². The first kappa shape index (κ1) is 24.7. The lowest BCUT2D eigenvalue weighted by atomic mass is 9.47. The quantitative estimate of drug-likeness (QED) is 0.526. The molecule has 200 valence electrons. The van der Waals surface area contributed by atoms with E-state index in [1.807, 2.05) is 24.3 Å². The highest BCUT2D eigenvalue weighted by molar-refractivity contribution is 6.30. The van der Waals surface area contributed by atoms with Gasteiger partial charge in [-0.2, -0.15) is 5.26 Å². The fraction of sp³-hybridized carbons (Fsp3) is 0.452. The number of nitrogens with zero attached hydrogens (tertiary/aromatic N) is 2. The molecule has 39 heavy (non-hydrogen) atoms. The van der Waals surface area contributed by atoms with Gasteiger partial charge in [-0.05, 0) is 80.0 Å². The summed E-state index contributed by atoms with van der Waals surface area (Å²) in [6.07, 6.45) is 7.60. The van der Waals surface area contributed by atoms with Gasteiger partial charge in [0, 0.05) is 35.7 Å². The third-order valence-corrected chi connectivity index (χ3v) is 9.78. The number of nitrogens with one attached hydrogen (secondary N) is 1. The molecule has 7 rings (SSSR count). The first-order valence-electron chi connectivity index (χ1n) is 13.8. The molecule has 0 unspecified atom stereocenters. The van der Waals surface area contributed by atoms with E-state index >= 15 is 0 Å². The van der Waals surface area contributed by atoms with Gasteiger partial charge in [-0.25, -0.2) is 0 Å².